The maximum atomic E-state index is 13.5. The Morgan fingerprint density at radius 1 is 1.13 bits per heavy atom. The van der Waals surface area contributed by atoms with Crippen molar-refractivity contribution in [2.24, 2.45) is 0 Å². The maximum absolute atomic E-state index is 13.5. The number of esters is 1. The molecule has 168 valence electrons. The summed E-state index contributed by atoms with van der Waals surface area (Å²) in [5, 5.41) is 20.3. The minimum absolute atomic E-state index is 0.00595. The molecule has 0 aliphatic heterocycles. The number of benzene rings is 1. The molecule has 0 radical (unpaired) electrons. The highest BCUT2D eigenvalue weighted by Crippen LogP contribution is 2.33. The molecule has 6 heteroatoms. The number of methoxy groups -OCH3 is 1. The van der Waals surface area contributed by atoms with Gasteiger partial charge in [-0.05, 0) is 41.2 Å². The normalized spacial score (nSPS) is 13.7. The van der Waals surface area contributed by atoms with Gasteiger partial charge in [-0.1, -0.05) is 52.0 Å². The van der Waals surface area contributed by atoms with E-state index >= 15 is 0 Å². The van der Waals surface area contributed by atoms with Crippen LogP contribution >= 0.6 is 0 Å². The fourth-order valence-electron chi connectivity index (χ4n) is 3.30. The van der Waals surface area contributed by atoms with E-state index in [1.807, 2.05) is 6.07 Å². The number of ether oxygens (including phenoxy) is 1. The van der Waals surface area contributed by atoms with Gasteiger partial charge in [0.15, 0.2) is 0 Å². The number of nitrogens with zero attached hydrogens (tertiary/aromatic N) is 1. The largest absolute Gasteiger partial charge is 0.469 e. The van der Waals surface area contributed by atoms with Crippen molar-refractivity contribution in [3.63, 3.8) is 0 Å². The quantitative estimate of drug-likeness (QED) is 0.559. The predicted molar refractivity (Wildman–Crippen MR) is 120 cm³/mol. The molecule has 0 aliphatic carbocycles. The number of hydrogen-bond acceptors (Lipinski definition) is 5. The van der Waals surface area contributed by atoms with E-state index in [0.717, 1.165) is 28.1 Å². The summed E-state index contributed by atoms with van der Waals surface area (Å²) < 4.78 is 18.0. The molecule has 5 nitrogen and oxygen atoms in total. The van der Waals surface area contributed by atoms with Crippen molar-refractivity contribution in [1.29, 1.82) is 0 Å². The van der Waals surface area contributed by atoms with E-state index in [0.29, 0.717) is 0 Å². The van der Waals surface area contributed by atoms with E-state index in [4.69, 9.17) is 4.98 Å². The molecule has 1 aromatic heterocycles. The van der Waals surface area contributed by atoms with Gasteiger partial charge in [-0.25, -0.2) is 4.39 Å². The van der Waals surface area contributed by atoms with E-state index in [2.05, 4.69) is 32.4 Å². The van der Waals surface area contributed by atoms with Crippen LogP contribution in [0.1, 0.15) is 69.3 Å². The molecule has 0 amide bonds. The fourth-order valence-corrected chi connectivity index (χ4v) is 3.30. The maximum Gasteiger partial charge on any atom is 0.308 e. The van der Waals surface area contributed by atoms with Gasteiger partial charge in [0.25, 0.3) is 0 Å². The Balaban J connectivity index is 2.45. The van der Waals surface area contributed by atoms with Gasteiger partial charge >= 0.3 is 5.97 Å². The third-order valence-electron chi connectivity index (χ3n) is 5.03. The molecular formula is C25H32FNO4. The molecule has 0 spiro atoms. The van der Waals surface area contributed by atoms with Crippen LogP contribution < -0.4 is 0 Å². The summed E-state index contributed by atoms with van der Waals surface area (Å²) in [5.41, 5.74) is 4.42. The van der Waals surface area contributed by atoms with Crippen molar-refractivity contribution in [3.8, 4) is 11.1 Å². The molecule has 2 unspecified atom stereocenters. The van der Waals surface area contributed by atoms with E-state index in [-0.39, 0.29) is 30.5 Å². The van der Waals surface area contributed by atoms with E-state index in [1.165, 1.54) is 19.2 Å². The minimum Gasteiger partial charge on any atom is -0.469 e. The smallest absolute Gasteiger partial charge is 0.308 e. The van der Waals surface area contributed by atoms with Gasteiger partial charge in [0.1, 0.15) is 5.82 Å². The second-order valence-electron chi connectivity index (χ2n) is 8.31. The number of aromatic nitrogens is 1. The highest BCUT2D eigenvalue weighted by atomic mass is 19.1. The van der Waals surface area contributed by atoms with Gasteiger partial charge in [-0.15, -0.1) is 0 Å². The summed E-state index contributed by atoms with van der Waals surface area (Å²) in [4.78, 5) is 16.1. The molecular weight excluding hydrogens is 397 g/mol. The van der Waals surface area contributed by atoms with Gasteiger partial charge in [-0.3, -0.25) is 9.78 Å². The van der Waals surface area contributed by atoms with Gasteiger partial charge in [0.05, 0.1) is 31.4 Å². The van der Waals surface area contributed by atoms with E-state index in [1.54, 1.807) is 24.3 Å². The topological polar surface area (TPSA) is 79.7 Å². The molecule has 2 rings (SSSR count). The molecule has 0 fully saturated rings. The average molecular weight is 430 g/mol. The number of halogens is 1. The molecule has 2 N–H and O–H groups in total. The van der Waals surface area contributed by atoms with Crippen LogP contribution in [0.5, 0.6) is 0 Å². The number of rotatable bonds is 9. The lowest BCUT2D eigenvalue weighted by molar-refractivity contribution is -0.143. The SMILES string of the molecule is COC(=O)CC(O)CC(O)C=Cc1c(-c2ccc(F)cc2)cc(C(C)C)nc1C(C)C. The molecule has 0 bridgehead atoms. The van der Waals surface area contributed by atoms with Crippen LogP contribution in [-0.2, 0) is 9.53 Å². The first-order chi connectivity index (χ1) is 14.6. The summed E-state index contributed by atoms with van der Waals surface area (Å²) in [7, 11) is 1.25. The number of hydrogen-bond donors (Lipinski definition) is 2. The second kappa shape index (κ2) is 11.2. The van der Waals surface area contributed by atoms with Crippen LogP contribution in [0.3, 0.4) is 0 Å². The fraction of sp³-hybridized carbons (Fsp3) is 0.440. The summed E-state index contributed by atoms with van der Waals surface area (Å²) in [6.07, 6.45) is 1.25. The monoisotopic (exact) mass is 429 g/mol. The summed E-state index contributed by atoms with van der Waals surface area (Å²) in [6, 6.07) is 8.30. The van der Waals surface area contributed by atoms with Crippen molar-refractivity contribution in [2.45, 2.75) is 64.6 Å². The molecule has 2 aromatic rings. The van der Waals surface area contributed by atoms with Gasteiger partial charge in [-0.2, -0.15) is 0 Å². The third kappa shape index (κ3) is 6.97. The van der Waals surface area contributed by atoms with Crippen molar-refractivity contribution < 1.29 is 24.1 Å². The third-order valence-corrected chi connectivity index (χ3v) is 5.03. The van der Waals surface area contributed by atoms with Crippen LogP contribution in [0.15, 0.2) is 36.4 Å². The highest BCUT2D eigenvalue weighted by molar-refractivity contribution is 5.77. The molecule has 31 heavy (non-hydrogen) atoms. The lowest BCUT2D eigenvalue weighted by Crippen LogP contribution is -2.20. The van der Waals surface area contributed by atoms with Crippen LogP contribution in [0, 0.1) is 5.82 Å². The van der Waals surface area contributed by atoms with Crippen molar-refractivity contribution >= 4 is 12.0 Å². The Labute approximate surface area is 183 Å². The van der Waals surface area contributed by atoms with Gasteiger partial charge in [0, 0.05) is 17.7 Å². The second-order valence-corrected chi connectivity index (χ2v) is 8.31. The number of carbonyl (C=O) groups excluding carboxylic acids is 1. The summed E-state index contributed by atoms with van der Waals surface area (Å²) >= 11 is 0. The zero-order valence-electron chi connectivity index (χ0n) is 18.8. The van der Waals surface area contributed by atoms with Crippen LogP contribution in [0.25, 0.3) is 17.2 Å². The van der Waals surface area contributed by atoms with Crippen LogP contribution in [-0.4, -0.2) is 40.5 Å². The predicted octanol–water partition coefficient (Wildman–Crippen LogP) is 4.82. The molecule has 1 aromatic carbocycles. The van der Waals surface area contributed by atoms with Crippen molar-refractivity contribution in [3.05, 3.63) is 59.2 Å². The number of aliphatic hydroxyl groups is 2. The van der Waals surface area contributed by atoms with Crippen molar-refractivity contribution in [2.75, 3.05) is 7.11 Å². The Morgan fingerprint density at radius 3 is 2.32 bits per heavy atom. The number of aliphatic hydroxyl groups excluding tert-OH is 2. The average Bonchev–Trinajstić information content (AvgIpc) is 2.71. The number of carbonyl (C=O) groups is 1. The first-order valence-electron chi connectivity index (χ1n) is 10.5. The Kier molecular flexibility index (Phi) is 8.89. The highest BCUT2D eigenvalue weighted by Gasteiger charge is 2.18. The summed E-state index contributed by atoms with van der Waals surface area (Å²) in [5.74, 6) is -0.496. The van der Waals surface area contributed by atoms with Crippen LogP contribution in [0.4, 0.5) is 4.39 Å². The molecule has 2 atom stereocenters. The lowest BCUT2D eigenvalue weighted by Gasteiger charge is -2.19. The molecule has 0 saturated heterocycles. The first kappa shape index (κ1) is 24.7. The molecule has 1 heterocycles. The first-order valence-corrected chi connectivity index (χ1v) is 10.5. The number of pyridine rings is 1. The Morgan fingerprint density at radius 2 is 1.77 bits per heavy atom. The van der Waals surface area contributed by atoms with E-state index < -0.39 is 18.2 Å². The zero-order valence-corrected chi connectivity index (χ0v) is 18.8. The van der Waals surface area contributed by atoms with Gasteiger partial charge < -0.3 is 14.9 Å². The summed E-state index contributed by atoms with van der Waals surface area (Å²) in [6.45, 7) is 8.25. The van der Waals surface area contributed by atoms with Gasteiger partial charge in [0.2, 0.25) is 0 Å². The van der Waals surface area contributed by atoms with E-state index in [9.17, 15) is 19.4 Å². The molecule has 0 aliphatic rings. The van der Waals surface area contributed by atoms with Crippen molar-refractivity contribution in [1.82, 2.24) is 4.98 Å². The Hall–Kier alpha value is -2.57. The van der Waals surface area contributed by atoms with Crippen LogP contribution in [0.2, 0.25) is 0 Å². The lowest BCUT2D eigenvalue weighted by atomic mass is 9.91. The zero-order chi connectivity index (χ0) is 23.1. The molecule has 0 saturated carbocycles. The standard InChI is InChI=1S/C25H32FNO4/c1-15(2)23-14-22(17-6-8-18(26)9-7-17)21(25(27-23)16(3)4)11-10-19(28)12-20(29)13-24(30)31-5/h6-11,14-16,19-20,28-29H,12-13H2,1-5H3. The minimum atomic E-state index is -1.00. The Bertz CT molecular complexity index is 906.